The first-order valence-corrected chi connectivity index (χ1v) is 42.5. The summed E-state index contributed by atoms with van der Waals surface area (Å²) < 4.78 is 122. The van der Waals surface area contributed by atoms with E-state index >= 15 is 0 Å². The highest BCUT2D eigenvalue weighted by Gasteiger charge is 2.43. The van der Waals surface area contributed by atoms with Crippen molar-refractivity contribution in [3.8, 4) is 0 Å². The van der Waals surface area contributed by atoms with Crippen LogP contribution in [0.3, 0.4) is 0 Å². The lowest BCUT2D eigenvalue weighted by molar-refractivity contribution is -0.177. The number of carbonyl (C=O) groups is 10. The van der Waals surface area contributed by atoms with Crippen molar-refractivity contribution in [2.24, 2.45) is 53.6 Å². The zero-order valence-electron chi connectivity index (χ0n) is 79.2. The maximum absolute atomic E-state index is 12.4. The van der Waals surface area contributed by atoms with Crippen LogP contribution in [0.1, 0.15) is 198 Å². The maximum atomic E-state index is 12.4. The van der Waals surface area contributed by atoms with Crippen molar-refractivity contribution < 1.29 is 152 Å². The molecule has 38 heteroatoms. The van der Waals surface area contributed by atoms with Crippen molar-refractivity contribution in [1.29, 1.82) is 0 Å². The molecule has 0 aliphatic carbocycles. The van der Waals surface area contributed by atoms with E-state index in [2.05, 4.69) is 0 Å². The summed E-state index contributed by atoms with van der Waals surface area (Å²) in [4.78, 5) is 155. The van der Waals surface area contributed by atoms with Crippen molar-refractivity contribution in [3.63, 3.8) is 0 Å². The Kier molecular flexibility index (Phi) is 74.0. The van der Waals surface area contributed by atoms with Crippen molar-refractivity contribution in [1.82, 2.24) is 13.7 Å². The fourth-order valence-electron chi connectivity index (χ4n) is 11.5. The standard InChI is InChI=1S/C34H58O13.C21H36O8.C16H34O7.C9H20O4.C6H9N3O3/c1-7-13-27(35)42-21-33(22-43-28(36)14-8-2,23-44-29(37)15-9-3)19-41-20-34(24-45-30(38)16-10-4,25-46-31(39)17-11-5)26-47-32(40)18-12-6;1-5-9-17(22)26-13-21(14-27-18(23)10-6-2,15-28-19(24)11-7-3)16-29-20(25)12-8-4;1-17-7-15(8-18-2,9-19-3)13-23-14-16(10-20-4,11-21-5)12-22-6;1-10-5-9(6-11-2,7-12-3)8-13-4;1-7-4(10)8(2)6(12)9(3)5(7)11/h7-26H2,1-6H3;5-16H2,1-4H3;7-14H2,1-6H3;5-8H2,1-4H3;1-3H3. The number of rotatable bonds is 68. The molecule has 0 saturated heterocycles. The Morgan fingerprint density at radius 2 is 0.282 bits per heavy atom. The largest absolute Gasteiger partial charge is 0.465 e. The fraction of sp³-hybridized carbons (Fsp3) is 0.849. The summed E-state index contributed by atoms with van der Waals surface area (Å²) >= 11 is 0. The van der Waals surface area contributed by atoms with Gasteiger partial charge in [-0.2, -0.15) is 0 Å². The van der Waals surface area contributed by atoms with Gasteiger partial charge in [0.25, 0.3) is 0 Å². The molecular weight excluding hydrogens is 1630 g/mol. The number of nitrogens with zero attached hydrogens (tertiary/aromatic N) is 3. The molecule has 0 fully saturated rings. The van der Waals surface area contributed by atoms with Crippen LogP contribution in [0.4, 0.5) is 0 Å². The van der Waals surface area contributed by atoms with Crippen molar-refractivity contribution in [2.45, 2.75) is 198 Å². The van der Waals surface area contributed by atoms with Gasteiger partial charge in [-0.1, -0.05) is 69.2 Å². The van der Waals surface area contributed by atoms with Crippen LogP contribution in [-0.4, -0.2) is 303 Å². The summed E-state index contributed by atoms with van der Waals surface area (Å²) in [5.74, 6) is -4.60. The number of esters is 10. The number of methoxy groups -OCH3 is 10. The lowest BCUT2D eigenvalue weighted by Crippen LogP contribution is -2.51. The molecule has 0 atom stereocenters. The summed E-state index contributed by atoms with van der Waals surface area (Å²) in [6, 6.07) is 0. The van der Waals surface area contributed by atoms with Gasteiger partial charge in [0.05, 0.1) is 120 Å². The van der Waals surface area contributed by atoms with Gasteiger partial charge in [0.15, 0.2) is 0 Å². The molecule has 0 radical (unpaired) electrons. The van der Waals surface area contributed by atoms with E-state index in [1.54, 1.807) is 71.1 Å². The first kappa shape index (κ1) is 123. The molecule has 124 heavy (non-hydrogen) atoms. The Labute approximate surface area is 735 Å². The molecule has 0 aliphatic rings. The Morgan fingerprint density at radius 1 is 0.185 bits per heavy atom. The SMILES string of the molecule is CCCC(=O)OCC(COC(=O)CCC)(COC(=O)CCC)COC(=O)CCC.CCCC(=O)OCC(COCC(COC(=O)CCC)(COC(=O)CCC)COC(=O)CCC)(COC(=O)CCC)COC(=O)CCC.COCC(COC)(COC)COC.COCC(COC)(COC)COCC(COC)(COC)COC.Cn1c(=O)n(C)c(=O)n(C)c1=O. The summed E-state index contributed by atoms with van der Waals surface area (Å²) in [5.41, 5.74) is -6.48. The Morgan fingerprint density at radius 3 is 0.387 bits per heavy atom. The number of ether oxygens (including phenoxy) is 22. The monoisotopic (exact) mass is 1790 g/mol. The number of carbonyl (C=O) groups excluding carboxylic acids is 10. The minimum atomic E-state index is -1.31. The van der Waals surface area contributed by atoms with E-state index in [4.69, 9.17) is 104 Å². The van der Waals surface area contributed by atoms with E-state index in [0.29, 0.717) is 143 Å². The van der Waals surface area contributed by atoms with Gasteiger partial charge in [-0.05, 0) is 64.2 Å². The van der Waals surface area contributed by atoms with Crippen LogP contribution in [-0.2, 0) is 173 Å². The van der Waals surface area contributed by atoms with Gasteiger partial charge in [0, 0.05) is 156 Å². The maximum Gasteiger partial charge on any atom is 0.335 e. The molecule has 1 aromatic heterocycles. The van der Waals surface area contributed by atoms with Crippen LogP contribution in [0.15, 0.2) is 14.4 Å². The molecular formula is C86H157N3O35. The topological polar surface area (TPSA) is 440 Å². The second-order valence-corrected chi connectivity index (χ2v) is 30.9. The quantitative estimate of drug-likeness (QED) is 0.0448. The van der Waals surface area contributed by atoms with E-state index in [-0.39, 0.29) is 160 Å². The van der Waals surface area contributed by atoms with Crippen LogP contribution in [0, 0.1) is 32.5 Å². The lowest BCUT2D eigenvalue weighted by atomic mass is 9.90. The normalized spacial score (nSPS) is 11.5. The predicted octanol–water partition coefficient (Wildman–Crippen LogP) is 7.58. The first-order valence-electron chi connectivity index (χ1n) is 42.5. The minimum absolute atomic E-state index is 0.153. The van der Waals surface area contributed by atoms with Gasteiger partial charge in [0.1, 0.15) is 71.5 Å². The average Bonchev–Trinajstić information content (AvgIpc) is 0.744. The van der Waals surface area contributed by atoms with Crippen LogP contribution in [0.5, 0.6) is 0 Å². The molecule has 726 valence electrons. The van der Waals surface area contributed by atoms with Crippen molar-refractivity contribution >= 4 is 59.7 Å². The first-order chi connectivity index (χ1) is 59.0. The molecule has 0 N–H and O–H groups in total. The van der Waals surface area contributed by atoms with Crippen LogP contribution < -0.4 is 17.1 Å². The van der Waals surface area contributed by atoms with Crippen molar-refractivity contribution in [2.75, 3.05) is 230 Å². The molecule has 1 rings (SSSR count). The van der Waals surface area contributed by atoms with E-state index in [1.807, 2.05) is 69.2 Å². The third kappa shape index (κ3) is 56.0. The highest BCUT2D eigenvalue weighted by atomic mass is 16.6. The molecule has 0 spiro atoms. The van der Waals surface area contributed by atoms with E-state index in [0.717, 1.165) is 13.7 Å². The fourth-order valence-corrected chi connectivity index (χ4v) is 11.5. The van der Waals surface area contributed by atoms with Gasteiger partial charge in [0.2, 0.25) is 0 Å². The zero-order valence-corrected chi connectivity index (χ0v) is 79.2. The average molecular weight is 1790 g/mol. The molecule has 1 aromatic rings. The predicted molar refractivity (Wildman–Crippen MR) is 456 cm³/mol. The molecule has 0 saturated carbocycles. The van der Waals surface area contributed by atoms with Gasteiger partial charge in [-0.15, -0.1) is 0 Å². The summed E-state index contributed by atoms with van der Waals surface area (Å²) in [5, 5.41) is 0. The Balaban J connectivity index is -0.000000795. The van der Waals surface area contributed by atoms with Crippen LogP contribution in [0.25, 0.3) is 0 Å². The third-order valence-corrected chi connectivity index (χ3v) is 17.8. The molecule has 0 unspecified atom stereocenters. The molecule has 0 aliphatic heterocycles. The third-order valence-electron chi connectivity index (χ3n) is 17.8. The Hall–Kier alpha value is -7.37. The molecule has 0 aromatic carbocycles. The summed E-state index contributed by atoms with van der Waals surface area (Å²) in [7, 11) is 20.6. The van der Waals surface area contributed by atoms with Crippen LogP contribution in [0.2, 0.25) is 0 Å². The summed E-state index contributed by atoms with van der Waals surface area (Å²) in [6.45, 7) is 21.4. The van der Waals surface area contributed by atoms with Crippen molar-refractivity contribution in [3.05, 3.63) is 31.5 Å². The van der Waals surface area contributed by atoms with Crippen LogP contribution >= 0.6 is 0 Å². The second kappa shape index (κ2) is 74.7. The highest BCUT2D eigenvalue weighted by Crippen LogP contribution is 2.30. The summed E-state index contributed by atoms with van der Waals surface area (Å²) in [6.07, 6.45) is 7.62. The molecule has 0 amide bonds. The Bertz CT molecular complexity index is 2760. The lowest BCUT2D eigenvalue weighted by Gasteiger charge is -2.35. The van der Waals surface area contributed by atoms with Gasteiger partial charge in [-0.3, -0.25) is 47.9 Å². The molecule has 1 heterocycles. The number of hydrogen-bond donors (Lipinski definition) is 0. The minimum Gasteiger partial charge on any atom is -0.465 e. The smallest absolute Gasteiger partial charge is 0.335 e. The second-order valence-electron chi connectivity index (χ2n) is 30.9. The van der Waals surface area contributed by atoms with E-state index < -0.39 is 93.0 Å². The van der Waals surface area contributed by atoms with E-state index in [1.165, 1.54) is 21.1 Å². The number of hydrogen-bond acceptors (Lipinski definition) is 35. The highest BCUT2D eigenvalue weighted by molar-refractivity contribution is 5.73. The van der Waals surface area contributed by atoms with Gasteiger partial charge >= 0.3 is 76.8 Å². The van der Waals surface area contributed by atoms with Gasteiger partial charge in [-0.25, -0.2) is 28.1 Å². The molecule has 0 bridgehead atoms. The van der Waals surface area contributed by atoms with Gasteiger partial charge < -0.3 is 104 Å². The van der Waals surface area contributed by atoms with E-state index in [9.17, 15) is 62.3 Å². The zero-order chi connectivity index (χ0) is 94.9. The molecule has 38 nitrogen and oxygen atoms in total. The number of aromatic nitrogens is 3.